The van der Waals surface area contributed by atoms with Gasteiger partial charge in [-0.2, -0.15) is 0 Å². The first-order valence-electron chi connectivity index (χ1n) is 6.98. The molecule has 1 heterocycles. The van der Waals surface area contributed by atoms with Gasteiger partial charge in [-0.1, -0.05) is 23.7 Å². The molecule has 0 aliphatic rings. The van der Waals surface area contributed by atoms with Gasteiger partial charge >= 0.3 is 0 Å². The number of ether oxygens (including phenoxy) is 1. The Labute approximate surface area is 139 Å². The van der Waals surface area contributed by atoms with Gasteiger partial charge in [-0.15, -0.1) is 23.7 Å². The van der Waals surface area contributed by atoms with E-state index in [0.29, 0.717) is 30.5 Å². The van der Waals surface area contributed by atoms with Crippen molar-refractivity contribution in [3.05, 3.63) is 51.2 Å². The third-order valence-corrected chi connectivity index (χ3v) is 4.36. The molecular weight excluding hydrogens is 318 g/mol. The third kappa shape index (κ3) is 5.36. The molecule has 1 unspecified atom stereocenters. The van der Waals surface area contributed by atoms with E-state index in [1.165, 1.54) is 11.3 Å². The zero-order valence-corrected chi connectivity index (χ0v) is 13.7. The zero-order valence-electron chi connectivity index (χ0n) is 12.1. The molecule has 1 aromatic heterocycles. The second-order valence-electron chi connectivity index (χ2n) is 4.74. The first-order chi connectivity index (χ1) is 10.7. The summed E-state index contributed by atoms with van der Waals surface area (Å²) in [7, 11) is 0. The van der Waals surface area contributed by atoms with Gasteiger partial charge in [0.05, 0.1) is 10.9 Å². The molecule has 0 aliphatic heterocycles. The molecular formula is C17H18ClNO2S. The quantitative estimate of drug-likeness (QED) is 0.572. The van der Waals surface area contributed by atoms with Crippen molar-refractivity contribution in [2.75, 3.05) is 13.2 Å². The molecule has 0 aliphatic carbocycles. The van der Waals surface area contributed by atoms with Gasteiger partial charge < -0.3 is 15.2 Å². The molecule has 0 bridgehead atoms. The lowest BCUT2D eigenvalue weighted by Gasteiger charge is -2.10. The minimum atomic E-state index is -0.538. The summed E-state index contributed by atoms with van der Waals surface area (Å²) < 4.78 is 6.18. The van der Waals surface area contributed by atoms with E-state index in [1.807, 2.05) is 30.3 Å². The average Bonchev–Trinajstić information content (AvgIpc) is 2.96. The molecule has 0 saturated heterocycles. The van der Waals surface area contributed by atoms with Crippen molar-refractivity contribution in [1.29, 1.82) is 0 Å². The van der Waals surface area contributed by atoms with Gasteiger partial charge in [0.2, 0.25) is 0 Å². The molecule has 0 radical (unpaired) electrons. The normalized spacial score (nSPS) is 11.9. The van der Waals surface area contributed by atoms with Crippen LogP contribution >= 0.6 is 22.9 Å². The van der Waals surface area contributed by atoms with Crippen LogP contribution in [0.2, 0.25) is 4.34 Å². The van der Waals surface area contributed by atoms with Crippen molar-refractivity contribution < 1.29 is 9.84 Å². The van der Waals surface area contributed by atoms with Gasteiger partial charge in [-0.3, -0.25) is 0 Å². The molecule has 0 saturated carbocycles. The number of hydrogen-bond donors (Lipinski definition) is 2. The van der Waals surface area contributed by atoms with Crippen molar-refractivity contribution in [1.82, 2.24) is 5.32 Å². The summed E-state index contributed by atoms with van der Waals surface area (Å²) in [6.07, 6.45) is 5.24. The highest BCUT2D eigenvalue weighted by Gasteiger charge is 2.09. The Balaban J connectivity index is 1.74. The summed E-state index contributed by atoms with van der Waals surface area (Å²) in [5, 5.41) is 13.3. The van der Waals surface area contributed by atoms with Crippen LogP contribution in [0.3, 0.4) is 0 Å². The predicted octanol–water partition coefficient (Wildman–Crippen LogP) is 3.63. The first-order valence-corrected chi connectivity index (χ1v) is 8.17. The van der Waals surface area contributed by atoms with Gasteiger partial charge in [0, 0.05) is 24.4 Å². The van der Waals surface area contributed by atoms with Crippen LogP contribution in [0.4, 0.5) is 0 Å². The summed E-state index contributed by atoms with van der Waals surface area (Å²) in [5.41, 5.74) is 1.13. The number of halogens is 1. The van der Waals surface area contributed by atoms with Gasteiger partial charge in [0.1, 0.15) is 11.9 Å². The van der Waals surface area contributed by atoms with Gasteiger partial charge in [-0.25, -0.2) is 0 Å². The van der Waals surface area contributed by atoms with Crippen LogP contribution in [0.5, 0.6) is 5.75 Å². The smallest absolute Gasteiger partial charge is 0.119 e. The maximum Gasteiger partial charge on any atom is 0.119 e. The summed E-state index contributed by atoms with van der Waals surface area (Å²) in [6, 6.07) is 11.5. The standard InChI is InChI=1S/C17H18ClNO2S/c1-2-3-10-21-14-6-4-13(5-7-14)11-19-12-15(20)16-8-9-17(18)22-16/h1,4-9,15,19-20H,3,10-12H2. The van der Waals surface area contributed by atoms with Crippen LogP contribution in [-0.2, 0) is 6.54 Å². The number of nitrogens with one attached hydrogen (secondary N) is 1. The molecule has 2 aromatic rings. The molecule has 5 heteroatoms. The van der Waals surface area contributed by atoms with Crippen molar-refractivity contribution in [2.24, 2.45) is 0 Å². The number of rotatable bonds is 8. The lowest BCUT2D eigenvalue weighted by atomic mass is 10.2. The van der Waals surface area contributed by atoms with Crippen LogP contribution in [0.15, 0.2) is 36.4 Å². The van der Waals surface area contributed by atoms with E-state index < -0.39 is 6.10 Å². The highest BCUT2D eigenvalue weighted by atomic mass is 35.5. The zero-order chi connectivity index (χ0) is 15.8. The van der Waals surface area contributed by atoms with E-state index in [9.17, 15) is 5.11 Å². The van der Waals surface area contributed by atoms with Gasteiger partial charge in [0.15, 0.2) is 0 Å². The second-order valence-corrected chi connectivity index (χ2v) is 6.48. The van der Waals surface area contributed by atoms with E-state index in [-0.39, 0.29) is 0 Å². The molecule has 2 N–H and O–H groups in total. The molecule has 2 rings (SSSR count). The van der Waals surface area contributed by atoms with Crippen LogP contribution < -0.4 is 10.1 Å². The molecule has 0 spiro atoms. The number of benzene rings is 1. The largest absolute Gasteiger partial charge is 0.493 e. The number of aliphatic hydroxyl groups excluding tert-OH is 1. The number of thiophene rings is 1. The number of hydrogen-bond acceptors (Lipinski definition) is 4. The Kier molecular flexibility index (Phi) is 6.75. The molecule has 3 nitrogen and oxygen atoms in total. The predicted molar refractivity (Wildman–Crippen MR) is 91.4 cm³/mol. The van der Waals surface area contributed by atoms with Crippen LogP contribution in [0.25, 0.3) is 0 Å². The van der Waals surface area contributed by atoms with Crippen LogP contribution in [-0.4, -0.2) is 18.3 Å². The van der Waals surface area contributed by atoms with E-state index in [4.69, 9.17) is 22.8 Å². The summed E-state index contributed by atoms with van der Waals surface area (Å²) in [5.74, 6) is 3.35. The van der Waals surface area contributed by atoms with E-state index in [1.54, 1.807) is 6.07 Å². The maximum absolute atomic E-state index is 10.0. The summed E-state index contributed by atoms with van der Waals surface area (Å²) in [4.78, 5) is 0.870. The Morgan fingerprint density at radius 2 is 2.05 bits per heavy atom. The van der Waals surface area contributed by atoms with Crippen LogP contribution in [0.1, 0.15) is 23.0 Å². The second kappa shape index (κ2) is 8.82. The SMILES string of the molecule is C#CCCOc1ccc(CNCC(O)c2ccc(Cl)s2)cc1. The summed E-state index contributed by atoms with van der Waals surface area (Å²) >= 11 is 7.26. The lowest BCUT2D eigenvalue weighted by Crippen LogP contribution is -2.20. The molecule has 116 valence electrons. The average molecular weight is 336 g/mol. The van der Waals surface area contributed by atoms with Crippen molar-refractivity contribution >= 4 is 22.9 Å². The van der Waals surface area contributed by atoms with E-state index in [0.717, 1.165) is 16.2 Å². The fourth-order valence-corrected chi connectivity index (χ4v) is 2.94. The Bertz CT molecular complexity index is 618. The molecule has 0 amide bonds. The third-order valence-electron chi connectivity index (χ3n) is 3.03. The van der Waals surface area contributed by atoms with E-state index >= 15 is 0 Å². The minimum absolute atomic E-state index is 0.483. The molecule has 0 fully saturated rings. The lowest BCUT2D eigenvalue weighted by molar-refractivity contribution is 0.178. The van der Waals surface area contributed by atoms with E-state index in [2.05, 4.69) is 11.2 Å². The summed E-state index contributed by atoms with van der Waals surface area (Å²) in [6.45, 7) is 1.70. The minimum Gasteiger partial charge on any atom is -0.493 e. The topological polar surface area (TPSA) is 41.5 Å². The maximum atomic E-state index is 10.0. The highest BCUT2D eigenvalue weighted by Crippen LogP contribution is 2.26. The Hall–Kier alpha value is -1.51. The van der Waals surface area contributed by atoms with Crippen molar-refractivity contribution in [3.63, 3.8) is 0 Å². The monoisotopic (exact) mass is 335 g/mol. The van der Waals surface area contributed by atoms with Gasteiger partial charge in [-0.05, 0) is 29.8 Å². The van der Waals surface area contributed by atoms with Gasteiger partial charge in [0.25, 0.3) is 0 Å². The fraction of sp³-hybridized carbons (Fsp3) is 0.294. The Morgan fingerprint density at radius 3 is 2.68 bits per heavy atom. The molecule has 22 heavy (non-hydrogen) atoms. The Morgan fingerprint density at radius 1 is 1.27 bits per heavy atom. The number of aliphatic hydroxyl groups is 1. The molecule has 1 aromatic carbocycles. The van der Waals surface area contributed by atoms with Crippen LogP contribution in [0, 0.1) is 12.3 Å². The highest BCUT2D eigenvalue weighted by molar-refractivity contribution is 7.16. The number of terminal acetylenes is 1. The fourth-order valence-electron chi connectivity index (χ4n) is 1.89. The van der Waals surface area contributed by atoms with Crippen molar-refractivity contribution in [3.8, 4) is 18.1 Å². The first kappa shape index (κ1) is 16.9. The van der Waals surface area contributed by atoms with Crippen molar-refractivity contribution in [2.45, 2.75) is 19.1 Å². The molecule has 1 atom stereocenters.